The predicted molar refractivity (Wildman–Crippen MR) is 231 cm³/mol. The highest BCUT2D eigenvalue weighted by Gasteiger charge is 2.15. The Morgan fingerprint density at radius 1 is 0.327 bits per heavy atom. The lowest BCUT2D eigenvalue weighted by Gasteiger charge is -2.12. The zero-order valence-corrected chi connectivity index (χ0v) is 29.9. The molecule has 0 amide bonds. The van der Waals surface area contributed by atoms with Gasteiger partial charge in [-0.25, -0.2) is 9.97 Å². The molecule has 3 nitrogen and oxygen atoms in total. The molecule has 11 aromatic rings. The summed E-state index contributed by atoms with van der Waals surface area (Å²) < 4.78 is 2.36. The Bertz CT molecular complexity index is 3190. The molecule has 11 rings (SSSR count). The van der Waals surface area contributed by atoms with E-state index in [0.29, 0.717) is 0 Å². The van der Waals surface area contributed by atoms with Crippen molar-refractivity contribution in [3.63, 3.8) is 0 Å². The number of nitrogens with zero attached hydrogens (tertiary/aromatic N) is 3. The number of fused-ring (bicyclic) bond motifs is 6. The normalized spacial score (nSPS) is 11.6. The van der Waals surface area contributed by atoms with E-state index in [4.69, 9.17) is 9.97 Å². The first kappa shape index (κ1) is 31.2. The third-order valence-electron chi connectivity index (χ3n) is 11.0. The van der Waals surface area contributed by atoms with Crippen LogP contribution in [0.2, 0.25) is 0 Å². The Hall–Kier alpha value is -7.36. The van der Waals surface area contributed by atoms with Crippen molar-refractivity contribution in [2.75, 3.05) is 0 Å². The summed E-state index contributed by atoms with van der Waals surface area (Å²) in [5.74, 6) is 0.724. The zero-order valence-electron chi connectivity index (χ0n) is 29.9. The fourth-order valence-electron chi connectivity index (χ4n) is 8.26. The van der Waals surface area contributed by atoms with Crippen molar-refractivity contribution in [2.45, 2.75) is 0 Å². The third-order valence-corrected chi connectivity index (χ3v) is 11.0. The van der Waals surface area contributed by atoms with E-state index in [1.54, 1.807) is 0 Å². The molecule has 0 unspecified atom stereocenters. The molecule has 0 atom stereocenters. The highest BCUT2D eigenvalue weighted by molar-refractivity contribution is 6.09. The molecular weight excluding hydrogens is 667 g/mol. The van der Waals surface area contributed by atoms with Crippen LogP contribution >= 0.6 is 0 Å². The van der Waals surface area contributed by atoms with Crippen molar-refractivity contribution < 1.29 is 0 Å². The van der Waals surface area contributed by atoms with Gasteiger partial charge in [0, 0.05) is 33.0 Å². The first-order valence-electron chi connectivity index (χ1n) is 18.7. The summed E-state index contributed by atoms with van der Waals surface area (Å²) in [6.07, 6.45) is 0. The molecule has 9 aromatic carbocycles. The molecule has 0 bridgehead atoms. The van der Waals surface area contributed by atoms with Crippen molar-refractivity contribution in [3.05, 3.63) is 200 Å². The van der Waals surface area contributed by atoms with Gasteiger partial charge in [0.25, 0.3) is 0 Å². The zero-order chi connectivity index (χ0) is 36.3. The molecule has 0 N–H and O–H groups in total. The highest BCUT2D eigenvalue weighted by Crippen LogP contribution is 2.36. The van der Waals surface area contributed by atoms with Crippen molar-refractivity contribution in [3.8, 4) is 50.6 Å². The molecule has 0 aliphatic heterocycles. The molecule has 2 aromatic heterocycles. The van der Waals surface area contributed by atoms with Crippen LogP contribution in [0.5, 0.6) is 0 Å². The van der Waals surface area contributed by atoms with Crippen molar-refractivity contribution in [1.82, 2.24) is 14.5 Å². The van der Waals surface area contributed by atoms with Gasteiger partial charge in [-0.05, 0) is 86.3 Å². The quantitative estimate of drug-likeness (QED) is 0.179. The summed E-state index contributed by atoms with van der Waals surface area (Å²) in [4.78, 5) is 10.2. The minimum Gasteiger partial charge on any atom is -0.309 e. The second-order valence-electron chi connectivity index (χ2n) is 14.2. The molecule has 0 saturated carbocycles. The van der Waals surface area contributed by atoms with E-state index in [1.165, 1.54) is 60.0 Å². The Morgan fingerprint density at radius 2 is 0.836 bits per heavy atom. The molecule has 0 fully saturated rings. The van der Waals surface area contributed by atoms with E-state index in [2.05, 4.69) is 199 Å². The standard InChI is InChI=1S/C52H33N3/c1-2-12-43-36(10-1)11-9-16-46(43)51-47-15-3-6-17-48(47)53-52(54-51)37-22-20-34(21-23-37)38-24-26-41-33-39(25-27-40(41)32-38)35-28-30-42(31-29-35)55-49-18-7-4-13-44(49)45-14-5-8-19-50(45)55/h1-33H. The van der Waals surface area contributed by atoms with Crippen LogP contribution in [0.4, 0.5) is 0 Å². The van der Waals surface area contributed by atoms with Gasteiger partial charge in [0.15, 0.2) is 5.82 Å². The van der Waals surface area contributed by atoms with Crippen molar-refractivity contribution >= 4 is 54.3 Å². The van der Waals surface area contributed by atoms with Crippen LogP contribution < -0.4 is 0 Å². The van der Waals surface area contributed by atoms with Gasteiger partial charge >= 0.3 is 0 Å². The van der Waals surface area contributed by atoms with E-state index >= 15 is 0 Å². The maximum atomic E-state index is 5.20. The second-order valence-corrected chi connectivity index (χ2v) is 14.2. The lowest BCUT2D eigenvalue weighted by molar-refractivity contribution is 1.18. The fraction of sp³-hybridized carbons (Fsp3) is 0. The van der Waals surface area contributed by atoms with Gasteiger partial charge in [-0.3, -0.25) is 0 Å². The topological polar surface area (TPSA) is 30.7 Å². The maximum absolute atomic E-state index is 5.20. The lowest BCUT2D eigenvalue weighted by atomic mass is 9.97. The average molecular weight is 700 g/mol. The molecule has 3 heteroatoms. The van der Waals surface area contributed by atoms with Gasteiger partial charge in [0.05, 0.1) is 22.2 Å². The van der Waals surface area contributed by atoms with Gasteiger partial charge in [0.1, 0.15) is 0 Å². The molecule has 0 radical (unpaired) electrons. The number of hydrogen-bond acceptors (Lipinski definition) is 2. The number of aromatic nitrogens is 3. The first-order chi connectivity index (χ1) is 27.2. The Morgan fingerprint density at radius 3 is 1.51 bits per heavy atom. The molecule has 256 valence electrons. The average Bonchev–Trinajstić information content (AvgIpc) is 3.60. The SMILES string of the molecule is c1ccc2c(-c3nc(-c4ccc(-c5ccc6cc(-c7ccc(-n8c9ccccc9c9ccccc98)cc7)ccc6c5)cc4)nc4ccccc34)cccc2c1. The van der Waals surface area contributed by atoms with Gasteiger partial charge in [-0.2, -0.15) is 0 Å². The van der Waals surface area contributed by atoms with Gasteiger partial charge in [0.2, 0.25) is 0 Å². The molecule has 2 heterocycles. The number of para-hydroxylation sites is 3. The molecule has 0 spiro atoms. The third kappa shape index (κ3) is 5.28. The van der Waals surface area contributed by atoms with Crippen LogP contribution in [0.25, 0.3) is 105 Å². The number of rotatable bonds is 5. The summed E-state index contributed by atoms with van der Waals surface area (Å²) in [6.45, 7) is 0. The monoisotopic (exact) mass is 699 g/mol. The molecule has 55 heavy (non-hydrogen) atoms. The van der Waals surface area contributed by atoms with E-state index in [9.17, 15) is 0 Å². The van der Waals surface area contributed by atoms with Gasteiger partial charge in [-0.15, -0.1) is 0 Å². The highest BCUT2D eigenvalue weighted by atomic mass is 15.0. The first-order valence-corrected chi connectivity index (χ1v) is 18.7. The van der Waals surface area contributed by atoms with Crippen LogP contribution in [0.1, 0.15) is 0 Å². The van der Waals surface area contributed by atoms with E-state index in [-0.39, 0.29) is 0 Å². The fourth-order valence-corrected chi connectivity index (χ4v) is 8.26. The van der Waals surface area contributed by atoms with Crippen LogP contribution in [0.3, 0.4) is 0 Å². The predicted octanol–water partition coefficient (Wildman–Crippen LogP) is 13.7. The smallest absolute Gasteiger partial charge is 0.160 e. The summed E-state index contributed by atoms with van der Waals surface area (Å²) >= 11 is 0. The van der Waals surface area contributed by atoms with Crippen molar-refractivity contribution in [2.24, 2.45) is 0 Å². The summed E-state index contributed by atoms with van der Waals surface area (Å²) in [5, 5.41) is 8.42. The molecule has 0 aliphatic carbocycles. The van der Waals surface area contributed by atoms with Crippen LogP contribution in [0.15, 0.2) is 200 Å². The maximum Gasteiger partial charge on any atom is 0.160 e. The minimum atomic E-state index is 0.724. The Labute approximate surface area is 318 Å². The van der Waals surface area contributed by atoms with E-state index in [1.807, 2.05) is 6.07 Å². The summed E-state index contributed by atoms with van der Waals surface area (Å²) in [7, 11) is 0. The number of benzene rings is 9. The minimum absolute atomic E-state index is 0.724. The number of hydrogen-bond donors (Lipinski definition) is 0. The van der Waals surface area contributed by atoms with Gasteiger partial charge < -0.3 is 4.57 Å². The second kappa shape index (κ2) is 12.6. The van der Waals surface area contributed by atoms with Crippen LogP contribution in [-0.2, 0) is 0 Å². The van der Waals surface area contributed by atoms with E-state index < -0.39 is 0 Å². The van der Waals surface area contributed by atoms with Crippen LogP contribution in [-0.4, -0.2) is 14.5 Å². The summed E-state index contributed by atoms with van der Waals surface area (Å²) in [6, 6.07) is 71.6. The largest absolute Gasteiger partial charge is 0.309 e. The van der Waals surface area contributed by atoms with Gasteiger partial charge in [-0.1, -0.05) is 158 Å². The summed E-state index contributed by atoms with van der Waals surface area (Å²) in [5.41, 5.74) is 12.3. The molecule has 0 aliphatic rings. The van der Waals surface area contributed by atoms with E-state index in [0.717, 1.165) is 44.8 Å². The Kier molecular flexibility index (Phi) is 7.17. The lowest BCUT2D eigenvalue weighted by Crippen LogP contribution is -1.95. The van der Waals surface area contributed by atoms with Crippen molar-refractivity contribution in [1.29, 1.82) is 0 Å². The Balaban J connectivity index is 0.894. The molecular formula is C52H33N3. The molecule has 0 saturated heterocycles. The van der Waals surface area contributed by atoms with Crippen LogP contribution in [0, 0.1) is 0 Å².